The third kappa shape index (κ3) is 3.21. The Labute approximate surface area is 123 Å². The number of carbonyl (C=O) groups is 1. The average molecular weight is 317 g/mol. The minimum Gasteiger partial charge on any atom is -0.477 e. The van der Waals surface area contributed by atoms with Crippen LogP contribution in [-0.2, 0) is 10.0 Å². The number of aryl methyl sites for hydroxylation is 1. The Morgan fingerprint density at radius 1 is 1.50 bits per heavy atom. The zero-order valence-electron chi connectivity index (χ0n) is 11.5. The third-order valence-electron chi connectivity index (χ3n) is 3.93. The summed E-state index contributed by atoms with van der Waals surface area (Å²) in [5, 5.41) is 8.98. The van der Waals surface area contributed by atoms with Crippen molar-refractivity contribution < 1.29 is 18.3 Å². The zero-order valence-corrected chi connectivity index (χ0v) is 13.2. The van der Waals surface area contributed by atoms with Gasteiger partial charge in [-0.25, -0.2) is 17.9 Å². The van der Waals surface area contributed by atoms with Crippen LogP contribution in [0, 0.1) is 18.8 Å². The maximum atomic E-state index is 12.2. The molecule has 2 N–H and O–H groups in total. The number of hydrogen-bond donors (Lipinski definition) is 2. The highest BCUT2D eigenvalue weighted by molar-refractivity contribution is 7.91. The molecule has 2 rings (SSSR count). The maximum absolute atomic E-state index is 12.2. The quantitative estimate of drug-likeness (QED) is 0.874. The van der Waals surface area contributed by atoms with E-state index < -0.39 is 16.0 Å². The van der Waals surface area contributed by atoms with Crippen LogP contribution >= 0.6 is 11.3 Å². The molecule has 1 heterocycles. The van der Waals surface area contributed by atoms with Gasteiger partial charge in [0.25, 0.3) is 0 Å². The van der Waals surface area contributed by atoms with E-state index in [1.807, 2.05) is 0 Å². The van der Waals surface area contributed by atoms with Crippen molar-refractivity contribution in [3.05, 3.63) is 16.5 Å². The SMILES string of the molecule is Cc1cc(S(=O)(=O)NCC2CCCC2C)sc1C(=O)O. The number of thiophene rings is 1. The molecule has 2 unspecified atom stereocenters. The summed E-state index contributed by atoms with van der Waals surface area (Å²) < 4.78 is 27.1. The van der Waals surface area contributed by atoms with Crippen molar-refractivity contribution in [1.82, 2.24) is 4.72 Å². The topological polar surface area (TPSA) is 83.5 Å². The largest absolute Gasteiger partial charge is 0.477 e. The molecule has 1 aliphatic carbocycles. The molecule has 0 amide bonds. The summed E-state index contributed by atoms with van der Waals surface area (Å²) in [7, 11) is -3.60. The van der Waals surface area contributed by atoms with E-state index in [4.69, 9.17) is 5.11 Å². The number of carboxylic acids is 1. The lowest BCUT2D eigenvalue weighted by molar-refractivity contribution is 0.0701. The van der Waals surface area contributed by atoms with E-state index >= 15 is 0 Å². The Morgan fingerprint density at radius 3 is 2.70 bits per heavy atom. The van der Waals surface area contributed by atoms with Crippen molar-refractivity contribution in [2.75, 3.05) is 6.54 Å². The van der Waals surface area contributed by atoms with E-state index in [1.54, 1.807) is 6.92 Å². The van der Waals surface area contributed by atoms with Crippen LogP contribution in [0.3, 0.4) is 0 Å². The smallest absolute Gasteiger partial charge is 0.346 e. The van der Waals surface area contributed by atoms with Crippen molar-refractivity contribution in [1.29, 1.82) is 0 Å². The molecule has 1 saturated carbocycles. The first-order valence-electron chi connectivity index (χ1n) is 6.64. The standard InChI is InChI=1S/C13H19NO4S2/c1-8-4-3-5-10(8)7-14-20(17,18)11-6-9(2)12(19-11)13(15)16/h6,8,10,14H,3-5,7H2,1-2H3,(H,15,16). The van der Waals surface area contributed by atoms with E-state index in [-0.39, 0.29) is 9.09 Å². The Kier molecular flexibility index (Phi) is 4.51. The molecule has 0 bridgehead atoms. The molecule has 0 radical (unpaired) electrons. The molecule has 1 aromatic rings. The highest BCUT2D eigenvalue weighted by Gasteiger charge is 2.27. The first kappa shape index (κ1) is 15.5. The van der Waals surface area contributed by atoms with Crippen LogP contribution in [0.4, 0.5) is 0 Å². The Morgan fingerprint density at radius 2 is 2.20 bits per heavy atom. The van der Waals surface area contributed by atoms with E-state index in [0.717, 1.165) is 30.6 Å². The van der Waals surface area contributed by atoms with Crippen LogP contribution in [0.1, 0.15) is 41.4 Å². The first-order chi connectivity index (χ1) is 9.31. The van der Waals surface area contributed by atoms with Gasteiger partial charge in [-0.3, -0.25) is 0 Å². The Bertz CT molecular complexity index is 606. The molecule has 5 nitrogen and oxygen atoms in total. The molecule has 112 valence electrons. The van der Waals surface area contributed by atoms with Gasteiger partial charge in [0.1, 0.15) is 9.09 Å². The Hall–Kier alpha value is -0.920. The summed E-state index contributed by atoms with van der Waals surface area (Å²) in [5.41, 5.74) is 0.483. The lowest BCUT2D eigenvalue weighted by Crippen LogP contribution is -2.29. The highest BCUT2D eigenvalue weighted by Crippen LogP contribution is 2.31. The first-order valence-corrected chi connectivity index (χ1v) is 8.94. The number of nitrogens with one attached hydrogen (secondary N) is 1. The minimum absolute atomic E-state index is 0.0815. The summed E-state index contributed by atoms with van der Waals surface area (Å²) >= 11 is 0.808. The molecule has 1 aliphatic rings. The lowest BCUT2D eigenvalue weighted by Gasteiger charge is -2.15. The molecule has 0 saturated heterocycles. The predicted octanol–water partition coefficient (Wildman–Crippen LogP) is 2.47. The molecule has 1 fully saturated rings. The van der Waals surface area contributed by atoms with Crippen LogP contribution in [0.5, 0.6) is 0 Å². The average Bonchev–Trinajstić information content (AvgIpc) is 2.93. The van der Waals surface area contributed by atoms with Gasteiger partial charge >= 0.3 is 5.97 Å². The second-order valence-electron chi connectivity index (χ2n) is 5.40. The summed E-state index contributed by atoms with van der Waals surface area (Å²) in [6.07, 6.45) is 3.34. The maximum Gasteiger partial charge on any atom is 0.346 e. The summed E-state index contributed by atoms with van der Waals surface area (Å²) in [4.78, 5) is 11.1. The second kappa shape index (κ2) is 5.83. The van der Waals surface area contributed by atoms with Gasteiger partial charge in [-0.05, 0) is 36.8 Å². The van der Waals surface area contributed by atoms with Gasteiger partial charge in [0.05, 0.1) is 0 Å². The van der Waals surface area contributed by atoms with Crippen molar-refractivity contribution in [2.24, 2.45) is 11.8 Å². The van der Waals surface area contributed by atoms with Crippen LogP contribution in [-0.4, -0.2) is 26.0 Å². The van der Waals surface area contributed by atoms with Crippen molar-refractivity contribution >= 4 is 27.3 Å². The van der Waals surface area contributed by atoms with Crippen LogP contribution in [0.15, 0.2) is 10.3 Å². The molecule has 20 heavy (non-hydrogen) atoms. The molecule has 1 aromatic heterocycles. The van der Waals surface area contributed by atoms with Gasteiger partial charge in [-0.15, -0.1) is 11.3 Å². The lowest BCUT2D eigenvalue weighted by atomic mass is 9.99. The van der Waals surface area contributed by atoms with Gasteiger partial charge < -0.3 is 5.11 Å². The van der Waals surface area contributed by atoms with Crippen molar-refractivity contribution in [2.45, 2.75) is 37.3 Å². The van der Waals surface area contributed by atoms with Crippen molar-refractivity contribution in [3.8, 4) is 0 Å². The fourth-order valence-corrected chi connectivity index (χ4v) is 5.13. The fraction of sp³-hybridized carbons (Fsp3) is 0.615. The molecular formula is C13H19NO4S2. The monoisotopic (exact) mass is 317 g/mol. The molecule has 7 heteroatoms. The van der Waals surface area contributed by atoms with Gasteiger partial charge in [0.2, 0.25) is 10.0 Å². The van der Waals surface area contributed by atoms with E-state index in [2.05, 4.69) is 11.6 Å². The van der Waals surface area contributed by atoms with Gasteiger partial charge in [-0.1, -0.05) is 19.8 Å². The van der Waals surface area contributed by atoms with Crippen LogP contribution in [0.2, 0.25) is 0 Å². The number of sulfonamides is 1. The van der Waals surface area contributed by atoms with Gasteiger partial charge in [0.15, 0.2) is 0 Å². The number of aromatic carboxylic acids is 1. The van der Waals surface area contributed by atoms with E-state index in [9.17, 15) is 13.2 Å². The van der Waals surface area contributed by atoms with E-state index in [0.29, 0.717) is 23.9 Å². The minimum atomic E-state index is -3.60. The summed E-state index contributed by atoms with van der Waals surface area (Å²) in [6.45, 7) is 4.19. The summed E-state index contributed by atoms with van der Waals surface area (Å²) in [5.74, 6) is -0.166. The molecule has 0 aromatic carbocycles. The zero-order chi connectivity index (χ0) is 14.9. The normalized spacial score (nSPS) is 23.1. The number of rotatable bonds is 5. The molecule has 0 spiro atoms. The van der Waals surface area contributed by atoms with Crippen LogP contribution < -0.4 is 4.72 Å². The van der Waals surface area contributed by atoms with Crippen molar-refractivity contribution in [3.63, 3.8) is 0 Å². The van der Waals surface area contributed by atoms with E-state index in [1.165, 1.54) is 6.07 Å². The molecule has 2 atom stereocenters. The fourth-order valence-electron chi connectivity index (χ4n) is 2.61. The number of carboxylic acid groups (broad SMARTS) is 1. The predicted molar refractivity (Wildman–Crippen MR) is 77.7 cm³/mol. The molecular weight excluding hydrogens is 298 g/mol. The Balaban J connectivity index is 2.10. The summed E-state index contributed by atoms with van der Waals surface area (Å²) in [6, 6.07) is 1.43. The van der Waals surface area contributed by atoms with Crippen LogP contribution in [0.25, 0.3) is 0 Å². The van der Waals surface area contributed by atoms with Gasteiger partial charge in [-0.2, -0.15) is 0 Å². The molecule has 0 aliphatic heterocycles. The highest BCUT2D eigenvalue weighted by atomic mass is 32.2. The second-order valence-corrected chi connectivity index (χ2v) is 8.45. The third-order valence-corrected chi connectivity index (χ3v) is 7.05. The van der Waals surface area contributed by atoms with Gasteiger partial charge in [0, 0.05) is 6.54 Å². The number of hydrogen-bond acceptors (Lipinski definition) is 4.